The minimum atomic E-state index is -0.241. The van der Waals surface area contributed by atoms with Gasteiger partial charge in [0.2, 0.25) is 0 Å². The summed E-state index contributed by atoms with van der Waals surface area (Å²) in [6, 6.07) is 5.37. The van der Waals surface area contributed by atoms with Gasteiger partial charge < -0.3 is 10.1 Å². The summed E-state index contributed by atoms with van der Waals surface area (Å²) in [4.78, 5) is 2.39. The van der Waals surface area contributed by atoms with E-state index >= 15 is 0 Å². The van der Waals surface area contributed by atoms with Gasteiger partial charge in [0.05, 0.1) is 7.11 Å². The molecule has 1 aromatic rings. The summed E-state index contributed by atoms with van der Waals surface area (Å²) in [7, 11) is 1.51. The second kappa shape index (κ2) is 5.93. The van der Waals surface area contributed by atoms with Crippen molar-refractivity contribution in [3.05, 3.63) is 29.6 Å². The van der Waals surface area contributed by atoms with E-state index in [4.69, 9.17) is 4.74 Å². The van der Waals surface area contributed by atoms with Gasteiger partial charge in [0, 0.05) is 36.3 Å². The zero-order valence-corrected chi connectivity index (χ0v) is 13.8. The highest BCUT2D eigenvalue weighted by atomic mass is 19.1. The molecule has 21 heavy (non-hydrogen) atoms. The Morgan fingerprint density at radius 3 is 2.67 bits per heavy atom. The summed E-state index contributed by atoms with van der Waals surface area (Å²) in [5.74, 6) is 0.0786. The van der Waals surface area contributed by atoms with E-state index in [0.29, 0.717) is 17.9 Å². The number of ether oxygens (including phenoxy) is 1. The SMILES string of the molecule is CCC1(C)CNC(C)(C)CN1Cc1cccc(OC)c1F. The maximum atomic E-state index is 14.4. The number of hydrogen-bond acceptors (Lipinski definition) is 3. The normalized spacial score (nSPS) is 25.8. The van der Waals surface area contributed by atoms with E-state index in [1.807, 2.05) is 12.1 Å². The monoisotopic (exact) mass is 294 g/mol. The third-order valence-corrected chi connectivity index (χ3v) is 4.68. The van der Waals surface area contributed by atoms with E-state index in [9.17, 15) is 4.39 Å². The van der Waals surface area contributed by atoms with Gasteiger partial charge in [0.1, 0.15) is 0 Å². The lowest BCUT2D eigenvalue weighted by atomic mass is 9.87. The first kappa shape index (κ1) is 16.2. The highest BCUT2D eigenvalue weighted by molar-refractivity contribution is 5.31. The fourth-order valence-electron chi connectivity index (χ4n) is 2.90. The first-order chi connectivity index (χ1) is 9.81. The fourth-order valence-corrected chi connectivity index (χ4v) is 2.90. The molecule has 0 bridgehead atoms. The molecular weight excluding hydrogens is 267 g/mol. The van der Waals surface area contributed by atoms with Crippen LogP contribution in [0.2, 0.25) is 0 Å². The molecule has 1 heterocycles. The standard InChI is InChI=1S/C17H27FN2O/c1-6-17(4)11-19-16(2,3)12-20(17)10-13-8-7-9-14(21-5)15(13)18/h7-9,19H,6,10-12H2,1-5H3. The van der Waals surface area contributed by atoms with Gasteiger partial charge in [0.15, 0.2) is 11.6 Å². The molecule has 118 valence electrons. The number of methoxy groups -OCH3 is 1. The topological polar surface area (TPSA) is 24.5 Å². The molecule has 3 nitrogen and oxygen atoms in total. The van der Waals surface area contributed by atoms with Gasteiger partial charge in [-0.2, -0.15) is 0 Å². The van der Waals surface area contributed by atoms with Crippen molar-refractivity contribution in [2.45, 2.75) is 51.7 Å². The Labute approximate surface area is 127 Å². The molecule has 1 aliphatic rings. The molecule has 0 saturated carbocycles. The van der Waals surface area contributed by atoms with Crippen LogP contribution in [0, 0.1) is 5.82 Å². The average molecular weight is 294 g/mol. The molecule has 4 heteroatoms. The number of rotatable bonds is 4. The molecule has 0 aliphatic carbocycles. The zero-order valence-electron chi connectivity index (χ0n) is 13.8. The predicted octanol–water partition coefficient (Wildman–Crippen LogP) is 3.19. The quantitative estimate of drug-likeness (QED) is 0.923. The van der Waals surface area contributed by atoms with Crippen molar-refractivity contribution in [2.75, 3.05) is 20.2 Å². The van der Waals surface area contributed by atoms with E-state index in [2.05, 4.69) is 37.9 Å². The smallest absolute Gasteiger partial charge is 0.169 e. The van der Waals surface area contributed by atoms with Crippen molar-refractivity contribution in [3.8, 4) is 5.75 Å². The molecule has 0 aromatic heterocycles. The van der Waals surface area contributed by atoms with Gasteiger partial charge in [0.25, 0.3) is 0 Å². The van der Waals surface area contributed by atoms with Crippen LogP contribution in [0.4, 0.5) is 4.39 Å². The van der Waals surface area contributed by atoms with E-state index in [1.165, 1.54) is 7.11 Å². The lowest BCUT2D eigenvalue weighted by Crippen LogP contribution is -2.66. The molecule has 1 saturated heterocycles. The van der Waals surface area contributed by atoms with Crippen molar-refractivity contribution in [1.29, 1.82) is 0 Å². The van der Waals surface area contributed by atoms with Crippen LogP contribution >= 0.6 is 0 Å². The molecule has 0 amide bonds. The van der Waals surface area contributed by atoms with Crippen molar-refractivity contribution < 1.29 is 9.13 Å². The van der Waals surface area contributed by atoms with Crippen LogP contribution in [0.3, 0.4) is 0 Å². The second-order valence-corrected chi connectivity index (χ2v) is 6.88. The van der Waals surface area contributed by atoms with E-state index in [0.717, 1.165) is 19.5 Å². The Kier molecular flexibility index (Phi) is 4.59. The lowest BCUT2D eigenvalue weighted by Gasteiger charge is -2.51. The van der Waals surface area contributed by atoms with Crippen LogP contribution in [0.15, 0.2) is 18.2 Å². The maximum Gasteiger partial charge on any atom is 0.169 e. The number of nitrogens with zero attached hydrogens (tertiary/aromatic N) is 1. The van der Waals surface area contributed by atoms with E-state index in [-0.39, 0.29) is 16.9 Å². The largest absolute Gasteiger partial charge is 0.494 e. The molecule has 1 aromatic carbocycles. The zero-order chi connectivity index (χ0) is 15.7. The van der Waals surface area contributed by atoms with Crippen molar-refractivity contribution in [1.82, 2.24) is 10.2 Å². The van der Waals surface area contributed by atoms with Crippen LogP contribution in [0.25, 0.3) is 0 Å². The van der Waals surface area contributed by atoms with Gasteiger partial charge in [-0.25, -0.2) is 4.39 Å². The molecule has 0 radical (unpaired) electrons. The van der Waals surface area contributed by atoms with Crippen LogP contribution in [-0.4, -0.2) is 36.2 Å². The summed E-state index contributed by atoms with van der Waals surface area (Å²) in [5, 5.41) is 3.59. The predicted molar refractivity (Wildman–Crippen MR) is 84.1 cm³/mol. The van der Waals surface area contributed by atoms with Crippen LogP contribution < -0.4 is 10.1 Å². The van der Waals surface area contributed by atoms with Crippen LogP contribution in [0.1, 0.15) is 39.7 Å². The van der Waals surface area contributed by atoms with Crippen LogP contribution in [-0.2, 0) is 6.54 Å². The summed E-state index contributed by atoms with van der Waals surface area (Å²) in [5.41, 5.74) is 0.793. The minimum Gasteiger partial charge on any atom is -0.494 e. The molecule has 1 fully saturated rings. The van der Waals surface area contributed by atoms with E-state index in [1.54, 1.807) is 6.07 Å². The fraction of sp³-hybridized carbons (Fsp3) is 0.647. The summed E-state index contributed by atoms with van der Waals surface area (Å²) in [6.45, 7) is 11.2. The first-order valence-electron chi connectivity index (χ1n) is 7.63. The Morgan fingerprint density at radius 1 is 1.33 bits per heavy atom. The maximum absolute atomic E-state index is 14.4. The summed E-state index contributed by atoms with van der Waals surface area (Å²) < 4.78 is 19.5. The van der Waals surface area contributed by atoms with Gasteiger partial charge >= 0.3 is 0 Å². The molecule has 0 spiro atoms. The molecule has 1 atom stereocenters. The molecule has 1 N–H and O–H groups in total. The lowest BCUT2D eigenvalue weighted by molar-refractivity contribution is 0.0167. The number of benzene rings is 1. The summed E-state index contributed by atoms with van der Waals surface area (Å²) >= 11 is 0. The van der Waals surface area contributed by atoms with Crippen molar-refractivity contribution >= 4 is 0 Å². The third kappa shape index (κ3) is 3.38. The highest BCUT2D eigenvalue weighted by Crippen LogP contribution is 2.30. The minimum absolute atomic E-state index is 0.0457. The van der Waals surface area contributed by atoms with Crippen molar-refractivity contribution in [3.63, 3.8) is 0 Å². The molecule has 1 aliphatic heterocycles. The first-order valence-corrected chi connectivity index (χ1v) is 7.63. The highest BCUT2D eigenvalue weighted by Gasteiger charge is 2.39. The molecular formula is C17H27FN2O. The Morgan fingerprint density at radius 2 is 2.05 bits per heavy atom. The van der Waals surface area contributed by atoms with Gasteiger partial charge in [-0.3, -0.25) is 4.90 Å². The van der Waals surface area contributed by atoms with Gasteiger partial charge in [-0.05, 0) is 33.3 Å². The van der Waals surface area contributed by atoms with E-state index < -0.39 is 0 Å². The number of nitrogens with one attached hydrogen (secondary N) is 1. The van der Waals surface area contributed by atoms with Crippen LogP contribution in [0.5, 0.6) is 5.75 Å². The van der Waals surface area contributed by atoms with Gasteiger partial charge in [-0.15, -0.1) is 0 Å². The number of hydrogen-bond donors (Lipinski definition) is 1. The molecule has 1 unspecified atom stereocenters. The van der Waals surface area contributed by atoms with Gasteiger partial charge in [-0.1, -0.05) is 19.1 Å². The summed E-state index contributed by atoms with van der Waals surface area (Å²) in [6.07, 6.45) is 1.03. The number of piperazine rings is 1. The number of halogens is 1. The Balaban J connectivity index is 2.27. The average Bonchev–Trinajstić information content (AvgIpc) is 2.45. The molecule has 2 rings (SSSR count). The second-order valence-electron chi connectivity index (χ2n) is 6.88. The third-order valence-electron chi connectivity index (χ3n) is 4.68. The Hall–Kier alpha value is -1.13. The Bertz CT molecular complexity index is 504. The van der Waals surface area contributed by atoms with Crippen molar-refractivity contribution in [2.24, 2.45) is 0 Å².